The topological polar surface area (TPSA) is 61.5 Å². The molecule has 0 N–H and O–H groups in total. The first-order chi connectivity index (χ1) is 13.2. The minimum absolute atomic E-state index is 0.539. The summed E-state index contributed by atoms with van der Waals surface area (Å²) in [4.78, 5) is 12.1. The fraction of sp³-hybridized carbons (Fsp3) is 0.350. The van der Waals surface area contributed by atoms with Crippen LogP contribution in [0.2, 0.25) is 0 Å². The van der Waals surface area contributed by atoms with E-state index in [9.17, 15) is 0 Å². The zero-order valence-corrected chi connectivity index (χ0v) is 16.3. The molecule has 3 heterocycles. The Morgan fingerprint density at radius 3 is 2.85 bits per heavy atom. The summed E-state index contributed by atoms with van der Waals surface area (Å²) < 4.78 is 12.5. The highest BCUT2D eigenvalue weighted by Gasteiger charge is 2.25. The molecule has 1 aliphatic carbocycles. The second-order valence-electron chi connectivity index (χ2n) is 6.93. The molecule has 1 atom stereocenters. The van der Waals surface area contributed by atoms with Gasteiger partial charge in [0, 0.05) is 10.4 Å². The summed E-state index contributed by atoms with van der Waals surface area (Å²) in [6.45, 7) is 2.30. The number of fused-ring (bicyclic) bond motifs is 5. The van der Waals surface area contributed by atoms with Crippen LogP contribution >= 0.6 is 11.3 Å². The summed E-state index contributed by atoms with van der Waals surface area (Å²) >= 11 is 1.81. The molecule has 0 bridgehead atoms. The lowest BCUT2D eigenvalue weighted by molar-refractivity contribution is 0.355. The second kappa shape index (κ2) is 6.20. The third-order valence-electron chi connectivity index (χ3n) is 5.32. The van der Waals surface area contributed by atoms with Gasteiger partial charge in [0.2, 0.25) is 0 Å². The molecule has 7 heteroatoms. The SMILES string of the molecule is COc1ccc(-c2nc3c4c5c(sc4ncn3n2)CCCC5C)cc1OC. The van der Waals surface area contributed by atoms with E-state index in [2.05, 4.69) is 17.0 Å². The molecule has 0 spiro atoms. The molecule has 138 valence electrons. The van der Waals surface area contributed by atoms with Crippen LogP contribution in [0.4, 0.5) is 0 Å². The van der Waals surface area contributed by atoms with Crippen molar-refractivity contribution in [2.75, 3.05) is 14.2 Å². The lowest BCUT2D eigenvalue weighted by Gasteiger charge is -2.18. The number of hydrogen-bond donors (Lipinski definition) is 0. The van der Waals surface area contributed by atoms with Crippen molar-refractivity contribution in [1.82, 2.24) is 19.6 Å². The van der Waals surface area contributed by atoms with Crippen molar-refractivity contribution in [1.29, 1.82) is 0 Å². The quantitative estimate of drug-likeness (QED) is 0.525. The number of rotatable bonds is 3. The maximum Gasteiger partial charge on any atom is 0.182 e. The fourth-order valence-corrected chi connectivity index (χ4v) is 5.28. The van der Waals surface area contributed by atoms with Gasteiger partial charge in [-0.05, 0) is 48.9 Å². The Bertz CT molecular complexity index is 1160. The van der Waals surface area contributed by atoms with E-state index in [4.69, 9.17) is 14.5 Å². The van der Waals surface area contributed by atoms with Crippen molar-refractivity contribution in [3.63, 3.8) is 0 Å². The molecule has 0 aliphatic heterocycles. The van der Waals surface area contributed by atoms with E-state index in [1.54, 1.807) is 36.4 Å². The predicted molar refractivity (Wildman–Crippen MR) is 106 cm³/mol. The van der Waals surface area contributed by atoms with Crippen LogP contribution in [0.5, 0.6) is 11.5 Å². The van der Waals surface area contributed by atoms with Gasteiger partial charge in [-0.15, -0.1) is 16.4 Å². The van der Waals surface area contributed by atoms with E-state index < -0.39 is 0 Å². The average Bonchev–Trinajstić information content (AvgIpc) is 3.28. The van der Waals surface area contributed by atoms with Crippen molar-refractivity contribution in [2.24, 2.45) is 0 Å². The van der Waals surface area contributed by atoms with Gasteiger partial charge in [0.25, 0.3) is 0 Å². The minimum atomic E-state index is 0.539. The monoisotopic (exact) mass is 380 g/mol. The highest BCUT2D eigenvalue weighted by Crippen LogP contribution is 2.43. The third kappa shape index (κ3) is 2.49. The maximum absolute atomic E-state index is 5.42. The van der Waals surface area contributed by atoms with Crippen LogP contribution in [0.15, 0.2) is 24.5 Å². The van der Waals surface area contributed by atoms with Gasteiger partial charge in [0.05, 0.1) is 19.6 Å². The molecule has 27 heavy (non-hydrogen) atoms. The Hall–Kier alpha value is -2.67. The smallest absolute Gasteiger partial charge is 0.182 e. The van der Waals surface area contributed by atoms with Gasteiger partial charge < -0.3 is 9.47 Å². The predicted octanol–water partition coefficient (Wildman–Crippen LogP) is 4.46. The average molecular weight is 380 g/mol. The Labute approximate surface area is 160 Å². The second-order valence-corrected chi connectivity index (χ2v) is 8.01. The van der Waals surface area contributed by atoms with Gasteiger partial charge in [-0.1, -0.05) is 6.92 Å². The van der Waals surface area contributed by atoms with E-state index >= 15 is 0 Å². The lowest BCUT2D eigenvalue weighted by atomic mass is 9.87. The van der Waals surface area contributed by atoms with Crippen LogP contribution in [-0.4, -0.2) is 33.8 Å². The molecule has 0 saturated carbocycles. The molecule has 1 unspecified atom stereocenters. The van der Waals surface area contributed by atoms with Crippen molar-refractivity contribution < 1.29 is 9.47 Å². The normalized spacial score (nSPS) is 16.6. The first kappa shape index (κ1) is 16.5. The van der Waals surface area contributed by atoms with Crippen molar-refractivity contribution in [2.45, 2.75) is 32.1 Å². The Morgan fingerprint density at radius 2 is 2.04 bits per heavy atom. The fourth-order valence-electron chi connectivity index (χ4n) is 3.98. The third-order valence-corrected chi connectivity index (χ3v) is 6.49. The molecular weight excluding hydrogens is 360 g/mol. The van der Waals surface area contributed by atoms with Crippen LogP contribution in [0.3, 0.4) is 0 Å². The summed E-state index contributed by atoms with van der Waals surface area (Å²) in [5.41, 5.74) is 3.20. The molecule has 4 aromatic rings. The van der Waals surface area contributed by atoms with E-state index in [0.717, 1.165) is 22.5 Å². The lowest BCUT2D eigenvalue weighted by Crippen LogP contribution is -2.04. The number of nitrogens with zero attached hydrogens (tertiary/aromatic N) is 4. The molecule has 5 rings (SSSR count). The van der Waals surface area contributed by atoms with Crippen molar-refractivity contribution in [3.8, 4) is 22.9 Å². The number of benzene rings is 1. The largest absolute Gasteiger partial charge is 0.493 e. The van der Waals surface area contributed by atoms with E-state index in [1.165, 1.54) is 28.7 Å². The highest BCUT2D eigenvalue weighted by molar-refractivity contribution is 7.19. The standard InChI is InChI=1S/C20H20N4O2S/c1-11-5-4-6-15-16(11)17-19-22-18(23-24(19)10-21-20(17)27-15)12-7-8-13(25-2)14(9-12)26-3/h7-11H,4-6H2,1-3H3. The summed E-state index contributed by atoms with van der Waals surface area (Å²) in [5, 5.41) is 5.84. The van der Waals surface area contributed by atoms with Crippen molar-refractivity contribution in [3.05, 3.63) is 35.0 Å². The van der Waals surface area contributed by atoms with Gasteiger partial charge in [0.15, 0.2) is 23.0 Å². The van der Waals surface area contributed by atoms with Gasteiger partial charge in [0.1, 0.15) is 11.2 Å². The number of ether oxygens (including phenoxy) is 2. The maximum atomic E-state index is 5.42. The molecule has 1 aliphatic rings. The van der Waals surface area contributed by atoms with Crippen LogP contribution in [0.25, 0.3) is 27.3 Å². The zero-order chi connectivity index (χ0) is 18.5. The van der Waals surface area contributed by atoms with Crippen LogP contribution < -0.4 is 9.47 Å². The summed E-state index contributed by atoms with van der Waals surface area (Å²) in [7, 11) is 3.26. The van der Waals surface area contributed by atoms with Gasteiger partial charge in [-0.25, -0.2) is 14.5 Å². The summed E-state index contributed by atoms with van der Waals surface area (Å²) in [6.07, 6.45) is 5.38. The molecule has 0 radical (unpaired) electrons. The minimum Gasteiger partial charge on any atom is -0.493 e. The van der Waals surface area contributed by atoms with Crippen molar-refractivity contribution >= 4 is 27.2 Å². The Kier molecular flexibility index (Phi) is 3.79. The Morgan fingerprint density at radius 1 is 1.19 bits per heavy atom. The number of aryl methyl sites for hydroxylation is 1. The first-order valence-corrected chi connectivity index (χ1v) is 9.90. The number of methoxy groups -OCH3 is 2. The van der Waals surface area contributed by atoms with Crippen LogP contribution in [-0.2, 0) is 6.42 Å². The molecule has 6 nitrogen and oxygen atoms in total. The molecule has 0 amide bonds. The molecule has 1 aromatic carbocycles. The number of hydrogen-bond acceptors (Lipinski definition) is 6. The van der Waals surface area contributed by atoms with E-state index in [0.29, 0.717) is 23.2 Å². The first-order valence-electron chi connectivity index (χ1n) is 9.08. The van der Waals surface area contributed by atoms with Gasteiger partial charge in [-0.2, -0.15) is 0 Å². The number of thiophene rings is 1. The molecule has 0 saturated heterocycles. The zero-order valence-electron chi connectivity index (χ0n) is 15.5. The number of aromatic nitrogens is 4. The highest BCUT2D eigenvalue weighted by atomic mass is 32.1. The van der Waals surface area contributed by atoms with Crippen LogP contribution in [0.1, 0.15) is 36.1 Å². The van der Waals surface area contributed by atoms with Crippen LogP contribution in [0, 0.1) is 0 Å². The Balaban J connectivity index is 1.72. The molecular formula is C20H20N4O2S. The summed E-state index contributed by atoms with van der Waals surface area (Å²) in [5.74, 6) is 2.55. The van der Waals surface area contributed by atoms with E-state index in [-0.39, 0.29) is 0 Å². The van der Waals surface area contributed by atoms with Gasteiger partial charge in [-0.3, -0.25) is 0 Å². The van der Waals surface area contributed by atoms with E-state index in [1.807, 2.05) is 18.2 Å². The summed E-state index contributed by atoms with van der Waals surface area (Å²) in [6, 6.07) is 5.73. The molecule has 3 aromatic heterocycles. The molecule has 0 fully saturated rings. The van der Waals surface area contributed by atoms with Gasteiger partial charge >= 0.3 is 0 Å².